The van der Waals surface area contributed by atoms with Gasteiger partial charge in [-0.05, 0) is 62.7 Å². The fourth-order valence-corrected chi connectivity index (χ4v) is 3.76. The minimum atomic E-state index is -3.82. The van der Waals surface area contributed by atoms with Gasteiger partial charge in [-0.25, -0.2) is 5.48 Å². The van der Waals surface area contributed by atoms with E-state index in [-0.39, 0.29) is 11.3 Å². The van der Waals surface area contributed by atoms with Crippen LogP contribution in [0.1, 0.15) is 53.9 Å². The predicted molar refractivity (Wildman–Crippen MR) is 107 cm³/mol. The zero-order chi connectivity index (χ0) is 19.4. The Labute approximate surface area is 157 Å². The lowest BCUT2D eigenvalue weighted by Crippen LogP contribution is -2.19. The molecule has 2 rings (SSSR count). The van der Waals surface area contributed by atoms with Crippen molar-refractivity contribution in [3.05, 3.63) is 58.7 Å². The monoisotopic (exact) mass is 376 g/mol. The van der Waals surface area contributed by atoms with Gasteiger partial charge in [0.1, 0.15) is 0 Å². The summed E-state index contributed by atoms with van der Waals surface area (Å²) in [6.45, 7) is 10.8. The highest BCUT2D eigenvalue weighted by molar-refractivity contribution is 7.85. The molecule has 0 fully saturated rings. The molecule has 1 aliphatic carbocycles. The minimum absolute atomic E-state index is 0.176. The molecule has 5 nitrogen and oxygen atoms in total. The Balaban J connectivity index is 2.03. The summed E-state index contributed by atoms with van der Waals surface area (Å²) in [5, 5.41) is 0. The van der Waals surface area contributed by atoms with Crippen molar-refractivity contribution in [3.8, 4) is 0 Å². The number of hydrogen-bond donors (Lipinski definition) is 1. The van der Waals surface area contributed by atoms with Gasteiger partial charge in [0.15, 0.2) is 5.84 Å². The van der Waals surface area contributed by atoms with Crippen LogP contribution < -0.4 is 5.48 Å². The van der Waals surface area contributed by atoms with Crippen LogP contribution in [0.5, 0.6) is 0 Å². The lowest BCUT2D eigenvalue weighted by Gasteiger charge is -2.32. The van der Waals surface area contributed by atoms with Gasteiger partial charge in [0.25, 0.3) is 0 Å². The van der Waals surface area contributed by atoms with E-state index in [4.69, 9.17) is 0 Å². The lowest BCUT2D eigenvalue weighted by atomic mass is 9.72. The second-order valence-electron chi connectivity index (χ2n) is 7.51. The van der Waals surface area contributed by atoms with E-state index in [0.717, 1.165) is 11.1 Å². The Morgan fingerprint density at radius 1 is 1.23 bits per heavy atom. The molecule has 0 spiro atoms. The SMILES string of the molecule is CC1=C(/C=C/C(C)=C/C=C/C(C)=C/C2=NS(=O)(=O)ON2)C(C)(C)CCC1. The van der Waals surface area contributed by atoms with Gasteiger partial charge < -0.3 is 0 Å². The number of nitrogens with zero attached hydrogens (tertiary/aromatic N) is 1. The topological polar surface area (TPSA) is 67.8 Å². The van der Waals surface area contributed by atoms with Crippen LogP contribution in [-0.2, 0) is 14.6 Å². The molecule has 1 heterocycles. The number of nitrogens with one attached hydrogen (secondary N) is 1. The van der Waals surface area contributed by atoms with Crippen LogP contribution in [0.15, 0.2) is 63.1 Å². The van der Waals surface area contributed by atoms with E-state index in [9.17, 15) is 8.42 Å². The summed E-state index contributed by atoms with van der Waals surface area (Å²) in [5.74, 6) is 0.176. The number of hydroxylamine groups is 1. The number of rotatable bonds is 5. The molecule has 26 heavy (non-hydrogen) atoms. The van der Waals surface area contributed by atoms with Gasteiger partial charge in [-0.3, -0.25) is 0 Å². The average molecular weight is 377 g/mol. The lowest BCUT2D eigenvalue weighted by molar-refractivity contribution is 0.282. The van der Waals surface area contributed by atoms with Crippen molar-refractivity contribution in [1.29, 1.82) is 0 Å². The van der Waals surface area contributed by atoms with Crippen molar-refractivity contribution in [2.75, 3.05) is 0 Å². The van der Waals surface area contributed by atoms with Crippen molar-refractivity contribution < 1.29 is 12.7 Å². The molecule has 0 atom stereocenters. The molecule has 0 radical (unpaired) electrons. The fourth-order valence-electron chi connectivity index (χ4n) is 3.21. The van der Waals surface area contributed by atoms with Crippen LogP contribution in [-0.4, -0.2) is 14.3 Å². The first-order valence-electron chi connectivity index (χ1n) is 8.80. The molecule has 1 N–H and O–H groups in total. The van der Waals surface area contributed by atoms with Crippen LogP contribution in [0, 0.1) is 5.41 Å². The molecule has 0 bridgehead atoms. The highest BCUT2D eigenvalue weighted by Crippen LogP contribution is 2.40. The van der Waals surface area contributed by atoms with Gasteiger partial charge in [0.05, 0.1) is 0 Å². The summed E-state index contributed by atoms with van der Waals surface area (Å²) in [7, 11) is -3.82. The van der Waals surface area contributed by atoms with Gasteiger partial charge in [-0.1, -0.05) is 55.4 Å². The van der Waals surface area contributed by atoms with Crippen molar-refractivity contribution in [3.63, 3.8) is 0 Å². The standard InChI is InChI=1S/C20H28N2O3S/c1-15(11-12-18-17(3)10-7-13-20(18,4)5)8-6-9-16(2)14-19-21-25-26(23,24)22-19/h6,8-9,11-12,14H,7,10,13H2,1-5H3,(H,21,22)/b9-6+,12-11+,15-8+,16-14+. The summed E-state index contributed by atoms with van der Waals surface area (Å²) in [5.41, 5.74) is 7.45. The van der Waals surface area contributed by atoms with Crippen LogP contribution in [0.2, 0.25) is 0 Å². The van der Waals surface area contributed by atoms with Crippen molar-refractivity contribution >= 4 is 16.1 Å². The Bertz CT molecular complexity index is 838. The summed E-state index contributed by atoms with van der Waals surface area (Å²) in [4.78, 5) is 0. The average Bonchev–Trinajstić information content (AvgIpc) is 2.84. The number of hydrogen-bond acceptors (Lipinski definition) is 4. The van der Waals surface area contributed by atoms with E-state index in [1.807, 2.05) is 25.2 Å². The van der Waals surface area contributed by atoms with Crippen LogP contribution in [0.4, 0.5) is 0 Å². The molecule has 142 valence electrons. The van der Waals surface area contributed by atoms with Crippen molar-refractivity contribution in [2.24, 2.45) is 9.81 Å². The summed E-state index contributed by atoms with van der Waals surface area (Å²) >= 11 is 0. The Morgan fingerprint density at radius 2 is 1.96 bits per heavy atom. The zero-order valence-electron chi connectivity index (χ0n) is 16.2. The molecule has 0 saturated heterocycles. The fraction of sp³-hybridized carbons (Fsp3) is 0.450. The second-order valence-corrected chi connectivity index (χ2v) is 8.72. The normalized spacial score (nSPS) is 23.7. The molecule has 0 saturated carbocycles. The third kappa shape index (κ3) is 5.81. The van der Waals surface area contributed by atoms with E-state index in [1.54, 1.807) is 6.08 Å². The summed E-state index contributed by atoms with van der Waals surface area (Å²) < 4.78 is 29.9. The van der Waals surface area contributed by atoms with Crippen LogP contribution in [0.3, 0.4) is 0 Å². The van der Waals surface area contributed by atoms with E-state index >= 15 is 0 Å². The molecule has 0 aromatic heterocycles. The first-order valence-corrected chi connectivity index (χ1v) is 10.2. The molecule has 2 aliphatic rings. The van der Waals surface area contributed by atoms with E-state index in [1.165, 1.54) is 30.4 Å². The van der Waals surface area contributed by atoms with E-state index in [0.29, 0.717) is 0 Å². The molecule has 0 unspecified atom stereocenters. The maximum absolute atomic E-state index is 11.1. The highest BCUT2D eigenvalue weighted by Gasteiger charge is 2.26. The zero-order valence-corrected chi connectivity index (χ0v) is 17.0. The molecule has 1 aliphatic heterocycles. The maximum atomic E-state index is 11.1. The molecule has 0 aromatic carbocycles. The maximum Gasteiger partial charge on any atom is 0.403 e. The Morgan fingerprint density at radius 3 is 2.58 bits per heavy atom. The van der Waals surface area contributed by atoms with Gasteiger partial charge in [0, 0.05) is 0 Å². The quantitative estimate of drug-likeness (QED) is 0.707. The van der Waals surface area contributed by atoms with Gasteiger partial charge in [-0.15, -0.1) is 8.68 Å². The third-order valence-electron chi connectivity index (χ3n) is 4.60. The first kappa shape index (κ1) is 20.4. The van der Waals surface area contributed by atoms with Crippen molar-refractivity contribution in [2.45, 2.75) is 53.9 Å². The Hall–Kier alpha value is -1.92. The molecular weight excluding hydrogens is 348 g/mol. The molecule has 0 aromatic rings. The van der Waals surface area contributed by atoms with Crippen molar-refractivity contribution in [1.82, 2.24) is 5.48 Å². The predicted octanol–water partition coefficient (Wildman–Crippen LogP) is 4.70. The van der Waals surface area contributed by atoms with Gasteiger partial charge in [-0.2, -0.15) is 8.42 Å². The minimum Gasteiger partial charge on any atom is -0.229 e. The second kappa shape index (κ2) is 8.18. The molecule has 6 heteroatoms. The van der Waals surface area contributed by atoms with E-state index in [2.05, 4.69) is 54.0 Å². The largest absolute Gasteiger partial charge is 0.403 e. The Kier molecular flexibility index (Phi) is 6.42. The highest BCUT2D eigenvalue weighted by atomic mass is 32.2. The first-order chi connectivity index (χ1) is 12.1. The smallest absolute Gasteiger partial charge is 0.229 e. The van der Waals surface area contributed by atoms with Gasteiger partial charge >= 0.3 is 10.3 Å². The van der Waals surface area contributed by atoms with Crippen LogP contribution in [0.25, 0.3) is 0 Å². The number of allylic oxidation sites excluding steroid dienone is 9. The molecular formula is C20H28N2O3S. The summed E-state index contributed by atoms with van der Waals surface area (Å²) in [6, 6.07) is 0. The summed E-state index contributed by atoms with van der Waals surface area (Å²) in [6.07, 6.45) is 15.5. The van der Waals surface area contributed by atoms with E-state index < -0.39 is 10.3 Å². The third-order valence-corrected chi connectivity index (χ3v) is 5.31. The molecule has 0 amide bonds. The van der Waals surface area contributed by atoms with Crippen LogP contribution >= 0.6 is 0 Å². The van der Waals surface area contributed by atoms with Gasteiger partial charge in [0.2, 0.25) is 0 Å². The number of amidine groups is 1.